The number of hydrogen-bond donors (Lipinski definition) is 1. The zero-order chi connectivity index (χ0) is 13.8. The van der Waals surface area contributed by atoms with E-state index in [1.807, 2.05) is 18.2 Å². The first-order chi connectivity index (χ1) is 9.08. The number of halogens is 1. The standard InChI is InChI=1S/C14H16BrNO3/c1-10-9-19-7-6-16(10)13-4-2-11(8-12(13)15)3-5-14(17)18/h2-5,8,10H,6-7,9H2,1H3,(H,17,18)/b5-3+. The lowest BCUT2D eigenvalue weighted by Crippen LogP contribution is -2.43. The molecule has 0 bridgehead atoms. The van der Waals surface area contributed by atoms with Crippen LogP contribution >= 0.6 is 15.9 Å². The van der Waals surface area contributed by atoms with E-state index in [9.17, 15) is 4.79 Å². The molecule has 0 aliphatic carbocycles. The van der Waals surface area contributed by atoms with E-state index in [2.05, 4.69) is 27.8 Å². The summed E-state index contributed by atoms with van der Waals surface area (Å²) in [5.41, 5.74) is 1.97. The molecule has 1 aromatic carbocycles. The highest BCUT2D eigenvalue weighted by Crippen LogP contribution is 2.30. The van der Waals surface area contributed by atoms with Gasteiger partial charge in [-0.1, -0.05) is 6.07 Å². The second-order valence-electron chi connectivity index (χ2n) is 4.50. The number of anilines is 1. The first kappa shape index (κ1) is 14.1. The average molecular weight is 326 g/mol. The molecule has 1 aromatic rings. The van der Waals surface area contributed by atoms with E-state index in [4.69, 9.17) is 9.84 Å². The molecule has 1 N–H and O–H groups in total. The highest BCUT2D eigenvalue weighted by atomic mass is 79.9. The summed E-state index contributed by atoms with van der Waals surface area (Å²) in [6, 6.07) is 6.19. The second-order valence-corrected chi connectivity index (χ2v) is 5.35. The number of carboxylic acid groups (broad SMARTS) is 1. The van der Waals surface area contributed by atoms with E-state index >= 15 is 0 Å². The molecule has 0 saturated carbocycles. The zero-order valence-corrected chi connectivity index (χ0v) is 12.3. The quantitative estimate of drug-likeness (QED) is 0.868. The maximum absolute atomic E-state index is 10.5. The molecule has 0 radical (unpaired) electrons. The smallest absolute Gasteiger partial charge is 0.328 e. The van der Waals surface area contributed by atoms with Gasteiger partial charge in [-0.25, -0.2) is 4.79 Å². The lowest BCUT2D eigenvalue weighted by molar-refractivity contribution is -0.131. The topological polar surface area (TPSA) is 49.8 Å². The molecule has 1 saturated heterocycles. The second kappa shape index (κ2) is 6.21. The molecule has 1 aliphatic heterocycles. The van der Waals surface area contributed by atoms with E-state index in [-0.39, 0.29) is 0 Å². The Labute approximate surface area is 120 Å². The third kappa shape index (κ3) is 3.58. The molecule has 0 spiro atoms. The van der Waals surface area contributed by atoms with Crippen molar-refractivity contribution >= 4 is 33.7 Å². The Kier molecular flexibility index (Phi) is 4.61. The van der Waals surface area contributed by atoms with Crippen LogP contribution in [0.1, 0.15) is 12.5 Å². The van der Waals surface area contributed by atoms with Crippen LogP contribution in [-0.4, -0.2) is 36.9 Å². The monoisotopic (exact) mass is 325 g/mol. The predicted octanol–water partition coefficient (Wildman–Crippen LogP) is 2.77. The van der Waals surface area contributed by atoms with Crippen LogP contribution in [0.4, 0.5) is 5.69 Å². The molecule has 1 fully saturated rings. The van der Waals surface area contributed by atoms with Crippen LogP contribution in [0.25, 0.3) is 6.08 Å². The summed E-state index contributed by atoms with van der Waals surface area (Å²) in [6.07, 6.45) is 2.72. The van der Waals surface area contributed by atoms with Gasteiger partial charge < -0.3 is 14.7 Å². The fraction of sp³-hybridized carbons (Fsp3) is 0.357. The van der Waals surface area contributed by atoms with Gasteiger partial charge in [-0.05, 0) is 46.6 Å². The van der Waals surface area contributed by atoms with Gasteiger partial charge in [-0.3, -0.25) is 0 Å². The van der Waals surface area contributed by atoms with E-state index in [1.54, 1.807) is 6.08 Å². The van der Waals surface area contributed by atoms with Crippen molar-refractivity contribution in [2.24, 2.45) is 0 Å². The van der Waals surface area contributed by atoms with Crippen molar-refractivity contribution in [2.75, 3.05) is 24.7 Å². The largest absolute Gasteiger partial charge is 0.478 e. The molecule has 1 atom stereocenters. The van der Waals surface area contributed by atoms with Crippen LogP contribution in [0.3, 0.4) is 0 Å². The summed E-state index contributed by atoms with van der Waals surface area (Å²) in [5.74, 6) is -0.943. The lowest BCUT2D eigenvalue weighted by Gasteiger charge is -2.35. The van der Waals surface area contributed by atoms with Crippen molar-refractivity contribution in [1.29, 1.82) is 0 Å². The first-order valence-corrected chi connectivity index (χ1v) is 6.92. The molecule has 19 heavy (non-hydrogen) atoms. The van der Waals surface area contributed by atoms with Crippen molar-refractivity contribution in [3.8, 4) is 0 Å². The molecule has 0 aromatic heterocycles. The molecule has 2 rings (SSSR count). The Morgan fingerprint density at radius 3 is 3.00 bits per heavy atom. The van der Waals surface area contributed by atoms with Gasteiger partial charge in [-0.2, -0.15) is 0 Å². The summed E-state index contributed by atoms with van der Waals surface area (Å²) in [4.78, 5) is 12.8. The summed E-state index contributed by atoms with van der Waals surface area (Å²) >= 11 is 3.55. The number of carboxylic acids is 1. The first-order valence-electron chi connectivity index (χ1n) is 6.13. The van der Waals surface area contributed by atoms with E-state index in [0.29, 0.717) is 6.04 Å². The molecule has 0 amide bonds. The minimum atomic E-state index is -0.943. The van der Waals surface area contributed by atoms with Crippen molar-refractivity contribution < 1.29 is 14.6 Å². The number of rotatable bonds is 3. The van der Waals surface area contributed by atoms with E-state index in [0.717, 1.165) is 41.6 Å². The molecular formula is C14H16BrNO3. The number of aliphatic carboxylic acids is 1. The van der Waals surface area contributed by atoms with Gasteiger partial charge in [0.25, 0.3) is 0 Å². The number of ether oxygens (including phenoxy) is 1. The number of benzene rings is 1. The normalized spacial score (nSPS) is 19.9. The molecule has 5 heteroatoms. The zero-order valence-electron chi connectivity index (χ0n) is 10.7. The molecule has 1 heterocycles. The van der Waals surface area contributed by atoms with Gasteiger partial charge in [-0.15, -0.1) is 0 Å². The molecule has 102 valence electrons. The Morgan fingerprint density at radius 1 is 1.58 bits per heavy atom. The third-order valence-electron chi connectivity index (χ3n) is 3.07. The number of nitrogens with zero attached hydrogens (tertiary/aromatic N) is 1. The van der Waals surface area contributed by atoms with Gasteiger partial charge in [0, 0.05) is 23.1 Å². The van der Waals surface area contributed by atoms with Crippen LogP contribution in [0, 0.1) is 0 Å². The van der Waals surface area contributed by atoms with Gasteiger partial charge in [0.05, 0.1) is 18.9 Å². The number of morpholine rings is 1. The Balaban J connectivity index is 2.21. The van der Waals surface area contributed by atoms with E-state index in [1.165, 1.54) is 0 Å². The summed E-state index contributed by atoms with van der Waals surface area (Å²) < 4.78 is 6.40. The van der Waals surface area contributed by atoms with Gasteiger partial charge in [0.15, 0.2) is 0 Å². The summed E-state index contributed by atoms with van der Waals surface area (Å²) in [5, 5.41) is 8.62. The fourth-order valence-electron chi connectivity index (χ4n) is 2.11. The average Bonchev–Trinajstić information content (AvgIpc) is 2.38. The van der Waals surface area contributed by atoms with Crippen LogP contribution < -0.4 is 4.90 Å². The van der Waals surface area contributed by atoms with Crippen molar-refractivity contribution in [2.45, 2.75) is 13.0 Å². The molecule has 1 aliphatic rings. The Hall–Kier alpha value is -1.33. The predicted molar refractivity (Wildman–Crippen MR) is 78.4 cm³/mol. The summed E-state index contributed by atoms with van der Waals surface area (Å²) in [7, 11) is 0. The number of hydrogen-bond acceptors (Lipinski definition) is 3. The fourth-order valence-corrected chi connectivity index (χ4v) is 2.74. The molecular weight excluding hydrogens is 310 g/mol. The van der Waals surface area contributed by atoms with Gasteiger partial charge in [0.2, 0.25) is 0 Å². The molecule has 1 unspecified atom stereocenters. The third-order valence-corrected chi connectivity index (χ3v) is 3.70. The van der Waals surface area contributed by atoms with Crippen molar-refractivity contribution in [3.63, 3.8) is 0 Å². The molecule has 4 nitrogen and oxygen atoms in total. The maximum Gasteiger partial charge on any atom is 0.328 e. The van der Waals surface area contributed by atoms with Crippen molar-refractivity contribution in [1.82, 2.24) is 0 Å². The Bertz CT molecular complexity index is 501. The highest BCUT2D eigenvalue weighted by molar-refractivity contribution is 9.10. The van der Waals surface area contributed by atoms with Crippen LogP contribution in [-0.2, 0) is 9.53 Å². The van der Waals surface area contributed by atoms with Gasteiger partial charge >= 0.3 is 5.97 Å². The highest BCUT2D eigenvalue weighted by Gasteiger charge is 2.20. The SMILES string of the molecule is CC1COCCN1c1ccc(/C=C/C(=O)O)cc1Br. The van der Waals surface area contributed by atoms with Gasteiger partial charge in [0.1, 0.15) is 0 Å². The number of carbonyl (C=O) groups is 1. The van der Waals surface area contributed by atoms with Crippen LogP contribution in [0.2, 0.25) is 0 Å². The minimum absolute atomic E-state index is 0.338. The minimum Gasteiger partial charge on any atom is -0.478 e. The van der Waals surface area contributed by atoms with Crippen LogP contribution in [0.15, 0.2) is 28.7 Å². The summed E-state index contributed by atoms with van der Waals surface area (Å²) in [6.45, 7) is 4.46. The maximum atomic E-state index is 10.5. The Morgan fingerprint density at radius 2 is 2.37 bits per heavy atom. The van der Waals surface area contributed by atoms with E-state index < -0.39 is 5.97 Å². The lowest BCUT2D eigenvalue weighted by atomic mass is 10.1. The van der Waals surface area contributed by atoms with Crippen molar-refractivity contribution in [3.05, 3.63) is 34.3 Å². The van der Waals surface area contributed by atoms with Crippen LogP contribution in [0.5, 0.6) is 0 Å².